The predicted octanol–water partition coefficient (Wildman–Crippen LogP) is 3.23. The van der Waals surface area contributed by atoms with Crippen molar-refractivity contribution in [3.8, 4) is 11.4 Å². The van der Waals surface area contributed by atoms with E-state index in [1.165, 1.54) is 7.11 Å². The summed E-state index contributed by atoms with van der Waals surface area (Å²) in [6, 6.07) is 15.6. The van der Waals surface area contributed by atoms with Gasteiger partial charge < -0.3 is 9.47 Å². The maximum atomic E-state index is 12.2. The first-order valence-corrected chi connectivity index (χ1v) is 8.04. The number of hydrogen-bond acceptors (Lipinski definition) is 5. The molecule has 2 aromatic carbocycles. The number of Topliss-reactive ketones (excluding diaryl/α,β-unsaturated/α-hetero) is 1. The maximum Gasteiger partial charge on any atom is 0.338 e. The first-order valence-electron chi connectivity index (χ1n) is 8.04. The van der Waals surface area contributed by atoms with Gasteiger partial charge in [-0.15, -0.1) is 0 Å². The molecule has 0 aliphatic rings. The lowest BCUT2D eigenvalue weighted by molar-refractivity contribution is 0.0474. The quantitative estimate of drug-likeness (QED) is 0.504. The zero-order valence-electron chi connectivity index (χ0n) is 14.5. The molecule has 1 heterocycles. The minimum absolute atomic E-state index is 0.320. The summed E-state index contributed by atoms with van der Waals surface area (Å²) in [5.74, 6) is -0.427. The molecule has 0 spiro atoms. The van der Waals surface area contributed by atoms with Gasteiger partial charge in [0.2, 0.25) is 5.78 Å². The Hall–Kier alpha value is -3.41. The van der Waals surface area contributed by atoms with Crippen LogP contribution in [0, 0.1) is 6.92 Å². The lowest BCUT2D eigenvalue weighted by atomic mass is 10.1. The molecule has 6 nitrogen and oxygen atoms in total. The zero-order chi connectivity index (χ0) is 18.5. The molecule has 0 bridgehead atoms. The van der Waals surface area contributed by atoms with Crippen molar-refractivity contribution in [3.05, 3.63) is 77.6 Å². The third-order valence-corrected chi connectivity index (χ3v) is 3.92. The molecule has 0 N–H and O–H groups in total. The molecule has 0 radical (unpaired) electrons. The third kappa shape index (κ3) is 3.64. The Balaban J connectivity index is 1.65. The Morgan fingerprint density at radius 1 is 1.04 bits per heavy atom. The fraction of sp³-hybridized carbons (Fsp3) is 0.150. The minimum atomic E-state index is -0.558. The summed E-state index contributed by atoms with van der Waals surface area (Å²) < 4.78 is 12.0. The smallest absolute Gasteiger partial charge is 0.338 e. The van der Waals surface area contributed by atoms with E-state index >= 15 is 0 Å². The van der Waals surface area contributed by atoms with E-state index in [-0.39, 0.29) is 12.4 Å². The minimum Gasteiger partial charge on any atom is -0.496 e. The molecule has 26 heavy (non-hydrogen) atoms. The van der Waals surface area contributed by atoms with Crippen molar-refractivity contribution in [2.75, 3.05) is 13.7 Å². The Labute approximate surface area is 151 Å². The number of esters is 1. The van der Waals surface area contributed by atoms with Crippen LogP contribution in [0.2, 0.25) is 0 Å². The second-order valence-corrected chi connectivity index (χ2v) is 5.63. The molecule has 3 aromatic rings. The molecular formula is C20H18N2O4. The number of carbonyl (C=O) groups excluding carboxylic acids is 2. The summed E-state index contributed by atoms with van der Waals surface area (Å²) >= 11 is 0. The summed E-state index contributed by atoms with van der Waals surface area (Å²) in [5, 5.41) is 4.21. The molecule has 132 valence electrons. The van der Waals surface area contributed by atoms with E-state index in [0.29, 0.717) is 16.9 Å². The first-order chi connectivity index (χ1) is 12.6. The molecule has 0 aliphatic carbocycles. The number of benzene rings is 2. The number of hydrogen-bond donors (Lipinski definition) is 0. The lowest BCUT2D eigenvalue weighted by Gasteiger charge is -2.09. The number of ketones is 1. The largest absolute Gasteiger partial charge is 0.496 e. The number of ether oxygens (including phenoxy) is 2. The molecule has 6 heteroatoms. The molecule has 0 saturated heterocycles. The van der Waals surface area contributed by atoms with Gasteiger partial charge in [-0.2, -0.15) is 5.10 Å². The van der Waals surface area contributed by atoms with Crippen LogP contribution < -0.4 is 4.74 Å². The molecule has 0 atom stereocenters. The van der Waals surface area contributed by atoms with Crippen LogP contribution in [-0.4, -0.2) is 35.2 Å². The van der Waals surface area contributed by atoms with Crippen molar-refractivity contribution in [1.82, 2.24) is 9.78 Å². The van der Waals surface area contributed by atoms with Crippen molar-refractivity contribution in [1.29, 1.82) is 0 Å². The highest BCUT2D eigenvalue weighted by molar-refractivity contribution is 6.01. The molecular weight excluding hydrogens is 332 g/mol. The maximum absolute atomic E-state index is 12.2. The van der Waals surface area contributed by atoms with Crippen molar-refractivity contribution < 1.29 is 19.1 Å². The van der Waals surface area contributed by atoms with Gasteiger partial charge in [0.25, 0.3) is 0 Å². The van der Waals surface area contributed by atoms with Gasteiger partial charge in [-0.1, -0.05) is 12.1 Å². The van der Waals surface area contributed by atoms with Crippen LogP contribution in [0.5, 0.6) is 5.75 Å². The highest BCUT2D eigenvalue weighted by Gasteiger charge is 2.15. The Morgan fingerprint density at radius 2 is 1.77 bits per heavy atom. The van der Waals surface area contributed by atoms with Crippen LogP contribution >= 0.6 is 0 Å². The first kappa shape index (κ1) is 17.4. The summed E-state index contributed by atoms with van der Waals surface area (Å²) in [4.78, 5) is 24.4. The highest BCUT2D eigenvalue weighted by atomic mass is 16.5. The van der Waals surface area contributed by atoms with Gasteiger partial charge in [0.15, 0.2) is 6.61 Å². The Bertz CT molecular complexity index is 929. The highest BCUT2D eigenvalue weighted by Crippen LogP contribution is 2.18. The van der Waals surface area contributed by atoms with Crippen LogP contribution in [0.25, 0.3) is 5.69 Å². The third-order valence-electron chi connectivity index (χ3n) is 3.92. The van der Waals surface area contributed by atoms with Crippen LogP contribution in [0.3, 0.4) is 0 Å². The van der Waals surface area contributed by atoms with Gasteiger partial charge in [0.05, 0.1) is 23.9 Å². The number of aryl methyl sites for hydroxylation is 1. The average Bonchev–Trinajstić information content (AvgIpc) is 3.11. The summed E-state index contributed by atoms with van der Waals surface area (Å²) in [6.07, 6.45) is 1.71. The molecule has 0 unspecified atom stereocenters. The molecule has 0 saturated carbocycles. The van der Waals surface area contributed by atoms with E-state index in [1.807, 2.05) is 13.0 Å². The fourth-order valence-corrected chi connectivity index (χ4v) is 2.55. The summed E-state index contributed by atoms with van der Waals surface area (Å²) in [6.45, 7) is 1.60. The van der Waals surface area contributed by atoms with Crippen LogP contribution in [-0.2, 0) is 4.74 Å². The number of nitrogens with zero attached hydrogens (tertiary/aromatic N) is 2. The van der Waals surface area contributed by atoms with Gasteiger partial charge in [0.1, 0.15) is 5.75 Å². The number of para-hydroxylation sites is 1. The normalized spacial score (nSPS) is 10.4. The van der Waals surface area contributed by atoms with Crippen LogP contribution in [0.15, 0.2) is 60.8 Å². The fourth-order valence-electron chi connectivity index (χ4n) is 2.55. The molecule has 0 amide bonds. The van der Waals surface area contributed by atoms with E-state index in [1.54, 1.807) is 59.4 Å². The van der Waals surface area contributed by atoms with Gasteiger partial charge in [-0.05, 0) is 49.4 Å². The number of carbonyl (C=O) groups is 2. The van der Waals surface area contributed by atoms with Crippen molar-refractivity contribution in [2.24, 2.45) is 0 Å². The van der Waals surface area contributed by atoms with E-state index in [0.717, 1.165) is 11.4 Å². The van der Waals surface area contributed by atoms with Crippen molar-refractivity contribution >= 4 is 11.8 Å². The van der Waals surface area contributed by atoms with E-state index in [9.17, 15) is 9.59 Å². The predicted molar refractivity (Wildman–Crippen MR) is 95.9 cm³/mol. The van der Waals surface area contributed by atoms with Crippen molar-refractivity contribution in [2.45, 2.75) is 6.92 Å². The number of rotatable bonds is 6. The second-order valence-electron chi connectivity index (χ2n) is 5.63. The van der Waals surface area contributed by atoms with Crippen LogP contribution in [0.1, 0.15) is 26.4 Å². The van der Waals surface area contributed by atoms with Gasteiger partial charge in [-0.25, -0.2) is 9.48 Å². The van der Waals surface area contributed by atoms with Gasteiger partial charge in [0, 0.05) is 11.9 Å². The average molecular weight is 350 g/mol. The van der Waals surface area contributed by atoms with Gasteiger partial charge >= 0.3 is 5.97 Å². The second kappa shape index (κ2) is 7.65. The molecule has 0 fully saturated rings. The summed E-state index contributed by atoms with van der Waals surface area (Å²) in [5.41, 5.74) is 2.58. The number of aromatic nitrogens is 2. The SMILES string of the molecule is COc1ccccc1C(=O)COC(=O)c1ccc(-n2nccc2C)cc1. The zero-order valence-corrected chi connectivity index (χ0v) is 14.5. The van der Waals surface area contributed by atoms with E-state index in [2.05, 4.69) is 5.10 Å². The molecule has 0 aliphatic heterocycles. The number of methoxy groups -OCH3 is 1. The molecule has 3 rings (SSSR count). The Kier molecular flexibility index (Phi) is 5.12. The van der Waals surface area contributed by atoms with E-state index in [4.69, 9.17) is 9.47 Å². The van der Waals surface area contributed by atoms with Gasteiger partial charge in [-0.3, -0.25) is 4.79 Å². The topological polar surface area (TPSA) is 70.4 Å². The standard InChI is InChI=1S/C20H18N2O4/c1-14-11-12-21-22(14)16-9-7-15(8-10-16)20(24)26-13-18(23)17-5-3-4-6-19(17)25-2/h3-12H,13H2,1-2H3. The Morgan fingerprint density at radius 3 is 2.42 bits per heavy atom. The van der Waals surface area contributed by atoms with Crippen molar-refractivity contribution in [3.63, 3.8) is 0 Å². The lowest BCUT2D eigenvalue weighted by Crippen LogP contribution is -2.15. The van der Waals surface area contributed by atoms with E-state index < -0.39 is 5.97 Å². The summed E-state index contributed by atoms with van der Waals surface area (Å²) in [7, 11) is 1.49. The molecule has 1 aromatic heterocycles. The monoisotopic (exact) mass is 350 g/mol. The van der Waals surface area contributed by atoms with Crippen LogP contribution in [0.4, 0.5) is 0 Å².